The second kappa shape index (κ2) is 6.03. The van der Waals surface area contributed by atoms with Crippen LogP contribution in [0.15, 0.2) is 12.7 Å². The quantitative estimate of drug-likeness (QED) is 0.344. The van der Waals surface area contributed by atoms with Crippen LogP contribution in [0.1, 0.15) is 7.65 Å². The molecule has 11 nitrogen and oxygen atoms in total. The standard InChI is InChI=1S/C10H12N5O6P.Na.H/c11-8-5-9(13-2-12-8)15(3-14-5)10-6(16)7-4(20-10)1-19-22(17,18)21-7;;/h2-4,6-7,10,16H,1H2,(H,17,18)(H2,11,12,13);;/q;+1;-1/t4-,6-,7-,10-;;/m1../s1. The molecular formula is C10H13N5NaO6P. The molecule has 0 amide bonds. The van der Waals surface area contributed by atoms with Crippen LogP contribution < -0.4 is 35.3 Å². The van der Waals surface area contributed by atoms with Gasteiger partial charge in [-0.2, -0.15) is 0 Å². The molecule has 2 aliphatic rings. The van der Waals surface area contributed by atoms with Crippen molar-refractivity contribution in [2.45, 2.75) is 24.5 Å². The number of nitrogen functional groups attached to an aromatic ring is 1. The average Bonchev–Trinajstić information content (AvgIpc) is 3.01. The molecular weight excluding hydrogens is 340 g/mol. The number of anilines is 1. The molecule has 2 aromatic rings. The molecule has 120 valence electrons. The predicted molar refractivity (Wildman–Crippen MR) is 71.4 cm³/mol. The third-order valence-electron chi connectivity index (χ3n) is 3.63. The Labute approximate surface area is 153 Å². The van der Waals surface area contributed by atoms with Gasteiger partial charge in [0.05, 0.1) is 12.9 Å². The van der Waals surface area contributed by atoms with Crippen molar-refractivity contribution in [2.24, 2.45) is 0 Å². The van der Waals surface area contributed by atoms with E-state index >= 15 is 0 Å². The topological polar surface area (TPSA) is 155 Å². The van der Waals surface area contributed by atoms with E-state index in [1.54, 1.807) is 0 Å². The Bertz CT molecular complexity index is 794. The van der Waals surface area contributed by atoms with E-state index in [0.717, 1.165) is 0 Å². The van der Waals surface area contributed by atoms with Gasteiger partial charge in [0.2, 0.25) is 0 Å². The molecule has 23 heavy (non-hydrogen) atoms. The number of imidazole rings is 1. The van der Waals surface area contributed by atoms with E-state index in [1.165, 1.54) is 17.2 Å². The number of fused-ring (bicyclic) bond motifs is 2. The summed E-state index contributed by atoms with van der Waals surface area (Å²) >= 11 is 0. The SMILES string of the molecule is Nc1ncnc2c1ncn2[C@@H]1O[C@@H]2COP(=O)(O)O[C@H]2[C@H]1O.[H-].[Na+]. The van der Waals surface area contributed by atoms with E-state index in [-0.39, 0.29) is 43.4 Å². The van der Waals surface area contributed by atoms with Crippen LogP contribution in [0.3, 0.4) is 0 Å². The number of ether oxygens (including phenoxy) is 1. The number of hydrogen-bond acceptors (Lipinski definition) is 9. The van der Waals surface area contributed by atoms with E-state index in [9.17, 15) is 14.6 Å². The summed E-state index contributed by atoms with van der Waals surface area (Å²) in [7, 11) is -4.16. The zero-order valence-corrected chi connectivity index (χ0v) is 14.9. The van der Waals surface area contributed by atoms with Crippen molar-refractivity contribution in [3.63, 3.8) is 0 Å². The fraction of sp³-hybridized carbons (Fsp3) is 0.500. The maximum Gasteiger partial charge on any atom is 1.00 e. The Morgan fingerprint density at radius 1 is 1.43 bits per heavy atom. The number of hydrogen-bond donors (Lipinski definition) is 3. The molecule has 4 N–H and O–H groups in total. The molecule has 4 heterocycles. The molecule has 2 saturated heterocycles. The van der Waals surface area contributed by atoms with E-state index < -0.39 is 32.4 Å². The van der Waals surface area contributed by atoms with Crippen LogP contribution in [-0.2, 0) is 18.3 Å². The first-order valence-corrected chi connectivity index (χ1v) is 7.88. The van der Waals surface area contributed by atoms with Crippen LogP contribution in [-0.4, -0.2) is 54.4 Å². The molecule has 0 saturated carbocycles. The maximum absolute atomic E-state index is 11.5. The molecule has 4 rings (SSSR count). The fourth-order valence-electron chi connectivity index (χ4n) is 2.62. The maximum atomic E-state index is 11.5. The van der Waals surface area contributed by atoms with Crippen LogP contribution >= 0.6 is 7.82 Å². The van der Waals surface area contributed by atoms with Crippen LogP contribution in [0, 0.1) is 0 Å². The first-order valence-electron chi connectivity index (χ1n) is 6.38. The molecule has 2 aromatic heterocycles. The Morgan fingerprint density at radius 2 is 2.22 bits per heavy atom. The van der Waals surface area contributed by atoms with Crippen molar-refractivity contribution in [1.29, 1.82) is 0 Å². The molecule has 0 bridgehead atoms. The second-order valence-electron chi connectivity index (χ2n) is 4.97. The summed E-state index contributed by atoms with van der Waals surface area (Å²) < 4.78 is 28.2. The summed E-state index contributed by atoms with van der Waals surface area (Å²) in [6, 6.07) is 0. The zero-order chi connectivity index (χ0) is 15.5. The molecule has 1 unspecified atom stereocenters. The summed E-state index contributed by atoms with van der Waals surface area (Å²) in [5.41, 5.74) is 6.46. The number of aliphatic hydroxyl groups is 1. The number of nitrogens with zero attached hydrogens (tertiary/aromatic N) is 4. The third kappa shape index (κ3) is 2.82. The van der Waals surface area contributed by atoms with Crippen molar-refractivity contribution in [3.8, 4) is 0 Å². The zero-order valence-electron chi connectivity index (χ0n) is 13.0. The fourth-order valence-corrected chi connectivity index (χ4v) is 3.59. The molecule has 5 atom stereocenters. The van der Waals surface area contributed by atoms with E-state index in [1.807, 2.05) is 0 Å². The van der Waals surface area contributed by atoms with Crippen molar-refractivity contribution >= 4 is 24.8 Å². The molecule has 13 heteroatoms. The molecule has 0 spiro atoms. The van der Waals surface area contributed by atoms with Crippen molar-refractivity contribution in [2.75, 3.05) is 12.3 Å². The number of rotatable bonds is 1. The van der Waals surface area contributed by atoms with E-state index in [0.29, 0.717) is 11.2 Å². The van der Waals surface area contributed by atoms with Crippen LogP contribution in [0.4, 0.5) is 5.82 Å². The van der Waals surface area contributed by atoms with Gasteiger partial charge in [0.1, 0.15) is 30.2 Å². The number of phosphoric ester groups is 1. The van der Waals surface area contributed by atoms with Gasteiger partial charge in [0.15, 0.2) is 17.7 Å². The van der Waals surface area contributed by atoms with E-state index in [4.69, 9.17) is 15.0 Å². The number of aromatic nitrogens is 4. The van der Waals surface area contributed by atoms with Crippen molar-refractivity contribution in [1.82, 2.24) is 19.5 Å². The summed E-state index contributed by atoms with van der Waals surface area (Å²) in [4.78, 5) is 21.3. The van der Waals surface area contributed by atoms with Gasteiger partial charge in [-0.15, -0.1) is 0 Å². The van der Waals surface area contributed by atoms with Gasteiger partial charge in [-0.1, -0.05) is 0 Å². The number of phosphoric acid groups is 1. The summed E-state index contributed by atoms with van der Waals surface area (Å²) in [5.74, 6) is 0.202. The molecule has 0 radical (unpaired) electrons. The Morgan fingerprint density at radius 3 is 3.00 bits per heavy atom. The summed E-state index contributed by atoms with van der Waals surface area (Å²) in [6.07, 6.45) is -1.07. The number of aliphatic hydroxyl groups excluding tert-OH is 1. The van der Waals surface area contributed by atoms with Gasteiger partial charge >= 0.3 is 37.4 Å². The first kappa shape index (κ1) is 17.2. The molecule has 0 aliphatic carbocycles. The van der Waals surface area contributed by atoms with Crippen molar-refractivity contribution < 1.29 is 59.3 Å². The van der Waals surface area contributed by atoms with Gasteiger partial charge < -0.3 is 21.9 Å². The Kier molecular flexibility index (Phi) is 4.51. The molecule has 2 aliphatic heterocycles. The van der Waals surface area contributed by atoms with Crippen LogP contribution in [0.25, 0.3) is 11.2 Å². The second-order valence-corrected chi connectivity index (χ2v) is 6.38. The van der Waals surface area contributed by atoms with E-state index in [2.05, 4.69) is 19.5 Å². The minimum Gasteiger partial charge on any atom is -1.00 e. The van der Waals surface area contributed by atoms with Crippen LogP contribution in [0.2, 0.25) is 0 Å². The largest absolute Gasteiger partial charge is 1.00 e. The first-order chi connectivity index (χ1) is 10.5. The normalized spacial score (nSPS) is 36.6. The van der Waals surface area contributed by atoms with Crippen LogP contribution in [0.5, 0.6) is 0 Å². The minimum absolute atomic E-state index is 0. The predicted octanol–water partition coefficient (Wildman–Crippen LogP) is -3.70. The van der Waals surface area contributed by atoms with Gasteiger partial charge in [0.25, 0.3) is 0 Å². The summed E-state index contributed by atoms with van der Waals surface area (Å²) in [5, 5.41) is 10.4. The average molecular weight is 353 g/mol. The molecule has 0 aromatic carbocycles. The minimum atomic E-state index is -4.16. The van der Waals surface area contributed by atoms with Gasteiger partial charge in [-0.3, -0.25) is 13.6 Å². The smallest absolute Gasteiger partial charge is 1.00 e. The third-order valence-corrected chi connectivity index (χ3v) is 4.61. The monoisotopic (exact) mass is 353 g/mol. The van der Waals surface area contributed by atoms with Gasteiger partial charge in [-0.25, -0.2) is 19.5 Å². The van der Waals surface area contributed by atoms with Gasteiger partial charge in [-0.05, 0) is 0 Å². The molecule has 2 fully saturated rings. The Hall–Kier alpha value is -0.620. The Balaban J connectivity index is 0.00000104. The summed E-state index contributed by atoms with van der Waals surface area (Å²) in [6.45, 7) is -0.157. The number of nitrogens with two attached hydrogens (primary N) is 1. The van der Waals surface area contributed by atoms with Crippen molar-refractivity contribution in [3.05, 3.63) is 12.7 Å². The van der Waals surface area contributed by atoms with Gasteiger partial charge in [0, 0.05) is 0 Å².